The number of nitrogens with zero attached hydrogens (tertiary/aromatic N) is 1. The van der Waals surface area contributed by atoms with Gasteiger partial charge in [0.2, 0.25) is 5.91 Å². The molecule has 15 heavy (non-hydrogen) atoms. The molecule has 1 heterocycles. The smallest absolute Gasteiger partial charge is 0.223 e. The van der Waals surface area contributed by atoms with Gasteiger partial charge in [-0.15, -0.1) is 0 Å². The fourth-order valence-electron chi connectivity index (χ4n) is 2.61. The van der Waals surface area contributed by atoms with Gasteiger partial charge in [0.25, 0.3) is 0 Å². The molecule has 2 aliphatic rings. The minimum absolute atomic E-state index is 0.265. The van der Waals surface area contributed by atoms with Crippen LogP contribution in [0.3, 0.4) is 0 Å². The number of hydrogen-bond acceptors (Lipinski definition) is 2. The Hall–Kier alpha value is -0.0900. The fourth-order valence-corrected chi connectivity index (χ4v) is 3.24. The third-order valence-electron chi connectivity index (χ3n) is 3.56. The second kappa shape index (κ2) is 4.42. The summed E-state index contributed by atoms with van der Waals surface area (Å²) in [5, 5.41) is 0. The van der Waals surface area contributed by atoms with Gasteiger partial charge in [-0.1, -0.05) is 22.4 Å². The van der Waals surface area contributed by atoms with Gasteiger partial charge < -0.3 is 9.64 Å². The van der Waals surface area contributed by atoms with Crippen molar-refractivity contribution in [1.29, 1.82) is 0 Å². The van der Waals surface area contributed by atoms with Crippen LogP contribution >= 0.6 is 15.9 Å². The molecule has 0 bridgehead atoms. The van der Waals surface area contributed by atoms with Gasteiger partial charge in [0.15, 0.2) is 0 Å². The zero-order chi connectivity index (χ0) is 10.9. The van der Waals surface area contributed by atoms with Crippen molar-refractivity contribution >= 4 is 21.8 Å². The lowest BCUT2D eigenvalue weighted by atomic mass is 9.69. The number of rotatable bonds is 4. The van der Waals surface area contributed by atoms with E-state index in [9.17, 15) is 4.79 Å². The van der Waals surface area contributed by atoms with E-state index >= 15 is 0 Å². The second-order valence-electron chi connectivity index (χ2n) is 4.86. The SMILES string of the molecule is COCC1(CN2CC(Br)CC2=O)CCC1. The molecule has 0 aromatic heterocycles. The van der Waals surface area contributed by atoms with Crippen LogP contribution in [0.5, 0.6) is 0 Å². The van der Waals surface area contributed by atoms with Gasteiger partial charge in [0.05, 0.1) is 6.61 Å². The molecule has 0 aromatic carbocycles. The Morgan fingerprint density at radius 1 is 1.60 bits per heavy atom. The molecule has 0 N–H and O–H groups in total. The maximum Gasteiger partial charge on any atom is 0.223 e. The van der Waals surface area contributed by atoms with Gasteiger partial charge in [-0.25, -0.2) is 0 Å². The molecule has 2 rings (SSSR count). The molecule has 1 saturated carbocycles. The van der Waals surface area contributed by atoms with E-state index in [1.807, 2.05) is 4.90 Å². The number of hydrogen-bond donors (Lipinski definition) is 0. The van der Waals surface area contributed by atoms with Crippen molar-refractivity contribution in [3.63, 3.8) is 0 Å². The molecule has 1 saturated heterocycles. The van der Waals surface area contributed by atoms with Gasteiger partial charge in [0.1, 0.15) is 0 Å². The molecular formula is C11H18BrNO2. The lowest BCUT2D eigenvalue weighted by Crippen LogP contribution is -2.45. The minimum atomic E-state index is 0.265. The Kier molecular flexibility index (Phi) is 3.36. The predicted molar refractivity (Wildman–Crippen MR) is 62.1 cm³/mol. The van der Waals surface area contributed by atoms with Crippen LogP contribution in [0.1, 0.15) is 25.7 Å². The first-order valence-corrected chi connectivity index (χ1v) is 6.48. The van der Waals surface area contributed by atoms with Crippen LogP contribution < -0.4 is 0 Å². The number of methoxy groups -OCH3 is 1. The van der Waals surface area contributed by atoms with E-state index in [2.05, 4.69) is 15.9 Å². The normalized spacial score (nSPS) is 29.3. The highest BCUT2D eigenvalue weighted by molar-refractivity contribution is 9.09. The summed E-state index contributed by atoms with van der Waals surface area (Å²) in [6.45, 7) is 2.55. The standard InChI is InChI=1S/C11H18BrNO2/c1-15-8-11(3-2-4-11)7-13-6-9(12)5-10(13)14/h9H,2-8H2,1H3. The first-order valence-electron chi connectivity index (χ1n) is 5.56. The van der Waals surface area contributed by atoms with E-state index < -0.39 is 0 Å². The van der Waals surface area contributed by atoms with E-state index in [4.69, 9.17) is 4.74 Å². The zero-order valence-corrected chi connectivity index (χ0v) is 10.8. The lowest BCUT2D eigenvalue weighted by Gasteiger charge is -2.43. The molecule has 0 spiro atoms. The molecule has 1 aliphatic heterocycles. The Balaban J connectivity index is 1.92. The molecular weight excluding hydrogens is 258 g/mol. The van der Waals surface area contributed by atoms with E-state index in [1.165, 1.54) is 19.3 Å². The summed E-state index contributed by atoms with van der Waals surface area (Å²) in [5.74, 6) is 0.291. The van der Waals surface area contributed by atoms with Crippen LogP contribution in [0.25, 0.3) is 0 Å². The second-order valence-corrected chi connectivity index (χ2v) is 6.16. The molecule has 86 valence electrons. The summed E-state index contributed by atoms with van der Waals surface area (Å²) in [6, 6.07) is 0. The van der Waals surface area contributed by atoms with Crippen molar-refractivity contribution in [2.75, 3.05) is 26.8 Å². The van der Waals surface area contributed by atoms with Crippen molar-refractivity contribution in [2.24, 2.45) is 5.41 Å². The van der Waals surface area contributed by atoms with Gasteiger partial charge >= 0.3 is 0 Å². The summed E-state index contributed by atoms with van der Waals surface area (Å²) in [4.78, 5) is 14.0. The number of amides is 1. The maximum atomic E-state index is 11.7. The average Bonchev–Trinajstić information content (AvgIpc) is 2.42. The number of alkyl halides is 1. The Morgan fingerprint density at radius 3 is 2.73 bits per heavy atom. The maximum absolute atomic E-state index is 11.7. The predicted octanol–water partition coefficient (Wildman–Crippen LogP) is 1.80. The summed E-state index contributed by atoms with van der Waals surface area (Å²) in [5.41, 5.74) is 0.265. The molecule has 4 heteroatoms. The summed E-state index contributed by atoms with van der Waals surface area (Å²) < 4.78 is 5.27. The summed E-state index contributed by atoms with van der Waals surface area (Å²) in [6.07, 6.45) is 4.35. The highest BCUT2D eigenvalue weighted by Crippen LogP contribution is 2.42. The van der Waals surface area contributed by atoms with Crippen LogP contribution in [0, 0.1) is 5.41 Å². The molecule has 1 atom stereocenters. The van der Waals surface area contributed by atoms with Gasteiger partial charge in [-0.2, -0.15) is 0 Å². The molecule has 0 radical (unpaired) electrons. The Labute approximate surface area is 99.3 Å². The average molecular weight is 276 g/mol. The lowest BCUT2D eigenvalue weighted by molar-refractivity contribution is -0.131. The number of ether oxygens (including phenoxy) is 1. The topological polar surface area (TPSA) is 29.5 Å². The van der Waals surface area contributed by atoms with Crippen LogP contribution in [-0.4, -0.2) is 42.4 Å². The van der Waals surface area contributed by atoms with E-state index in [1.54, 1.807) is 7.11 Å². The largest absolute Gasteiger partial charge is 0.384 e. The number of carbonyl (C=O) groups is 1. The minimum Gasteiger partial charge on any atom is -0.384 e. The third kappa shape index (κ3) is 2.36. The van der Waals surface area contributed by atoms with Gasteiger partial charge in [-0.3, -0.25) is 4.79 Å². The molecule has 1 aliphatic carbocycles. The molecule has 0 aromatic rings. The monoisotopic (exact) mass is 275 g/mol. The first-order chi connectivity index (χ1) is 7.15. The Morgan fingerprint density at radius 2 is 2.33 bits per heavy atom. The quantitative estimate of drug-likeness (QED) is 0.733. The van der Waals surface area contributed by atoms with E-state index in [0.29, 0.717) is 17.2 Å². The first kappa shape index (κ1) is 11.4. The van der Waals surface area contributed by atoms with Crippen LogP contribution in [0.15, 0.2) is 0 Å². The summed E-state index contributed by atoms with van der Waals surface area (Å²) in [7, 11) is 1.75. The van der Waals surface area contributed by atoms with Crippen molar-refractivity contribution in [2.45, 2.75) is 30.5 Å². The highest BCUT2D eigenvalue weighted by atomic mass is 79.9. The molecule has 3 nitrogen and oxygen atoms in total. The highest BCUT2D eigenvalue weighted by Gasteiger charge is 2.41. The van der Waals surface area contributed by atoms with Gasteiger partial charge in [0, 0.05) is 36.9 Å². The van der Waals surface area contributed by atoms with E-state index in [-0.39, 0.29) is 5.41 Å². The molecule has 2 fully saturated rings. The number of carbonyl (C=O) groups excluding carboxylic acids is 1. The van der Waals surface area contributed by atoms with Crippen molar-refractivity contribution in [3.05, 3.63) is 0 Å². The molecule has 1 unspecified atom stereocenters. The van der Waals surface area contributed by atoms with Crippen molar-refractivity contribution in [1.82, 2.24) is 4.90 Å². The van der Waals surface area contributed by atoms with Crippen LogP contribution in [-0.2, 0) is 9.53 Å². The zero-order valence-electron chi connectivity index (χ0n) is 9.17. The van der Waals surface area contributed by atoms with Gasteiger partial charge in [-0.05, 0) is 12.8 Å². The fraction of sp³-hybridized carbons (Fsp3) is 0.909. The Bertz CT molecular complexity index is 253. The number of likely N-dealkylation sites (tertiary alicyclic amines) is 1. The number of halogens is 1. The van der Waals surface area contributed by atoms with Crippen molar-refractivity contribution in [3.8, 4) is 0 Å². The van der Waals surface area contributed by atoms with Crippen molar-refractivity contribution < 1.29 is 9.53 Å². The summed E-state index contributed by atoms with van der Waals surface area (Å²) >= 11 is 3.51. The van der Waals surface area contributed by atoms with Crippen LogP contribution in [0.2, 0.25) is 0 Å². The van der Waals surface area contributed by atoms with Crippen LogP contribution in [0.4, 0.5) is 0 Å². The third-order valence-corrected chi connectivity index (χ3v) is 4.17. The van der Waals surface area contributed by atoms with E-state index in [0.717, 1.165) is 19.7 Å². The molecule has 1 amide bonds.